The molecule has 1 N–H and O–H groups in total. The molecule has 0 heterocycles. The van der Waals surface area contributed by atoms with E-state index in [9.17, 15) is 9.66 Å². The maximum atomic E-state index is 11.2. The monoisotopic (exact) mass is 211 g/mol. The molecule has 11 heavy (non-hydrogen) atoms. The fourth-order valence-electron chi connectivity index (χ4n) is 1.38. The van der Waals surface area contributed by atoms with Crippen molar-refractivity contribution in [1.82, 2.24) is 0 Å². The van der Waals surface area contributed by atoms with Gasteiger partial charge in [-0.3, -0.25) is 0 Å². The Hall–Kier alpha value is 0.710. The van der Waals surface area contributed by atoms with Crippen LogP contribution in [0.4, 0.5) is 0 Å². The zero-order valence-electron chi connectivity index (χ0n) is 6.06. The van der Waals surface area contributed by atoms with Gasteiger partial charge >= 0.3 is 0 Å². The maximum absolute atomic E-state index is 11.2. The zero-order chi connectivity index (χ0) is 8.48. The van der Waals surface area contributed by atoms with Crippen LogP contribution in [0.25, 0.3) is 0 Å². The van der Waals surface area contributed by atoms with Crippen molar-refractivity contribution >= 4 is 29.8 Å². The van der Waals surface area contributed by atoms with E-state index in [-0.39, 0.29) is 11.4 Å². The lowest BCUT2D eigenvalue weighted by atomic mass is 9.97. The molecule has 1 aliphatic rings. The molecular weight excluding hydrogens is 200 g/mol. The first kappa shape index (κ1) is 9.80. The Bertz CT molecular complexity index is 222. The summed E-state index contributed by atoms with van der Waals surface area (Å²) in [5, 5.41) is 9.11. The van der Waals surface area contributed by atoms with Crippen LogP contribution in [0.3, 0.4) is 0 Å². The van der Waals surface area contributed by atoms with Gasteiger partial charge in [-0.05, 0) is 25.7 Å². The van der Waals surface area contributed by atoms with E-state index in [0.29, 0.717) is 6.42 Å². The molecule has 0 aromatic carbocycles. The third-order valence-electron chi connectivity index (χ3n) is 2.01. The number of aliphatic hydroxyl groups excluding tert-OH is 1. The van der Waals surface area contributed by atoms with Crippen LogP contribution in [-0.2, 0) is 29.8 Å². The molecule has 66 valence electrons. The van der Waals surface area contributed by atoms with Crippen molar-refractivity contribution in [3.8, 4) is 0 Å². The van der Waals surface area contributed by atoms with E-state index in [2.05, 4.69) is 22.4 Å². The van der Waals surface area contributed by atoms with Gasteiger partial charge in [0.2, 0.25) is 0 Å². The molecule has 0 bridgehead atoms. The fourth-order valence-corrected chi connectivity index (χ4v) is 3.34. The molecular formula is C6H11O2S3-. The number of hydrogen-bond donors (Lipinski definition) is 1. The average Bonchev–Trinajstić information content (AvgIpc) is 1.86. The van der Waals surface area contributed by atoms with Crippen LogP contribution < -0.4 is 0 Å². The average molecular weight is 211 g/mol. The van der Waals surface area contributed by atoms with Crippen LogP contribution in [0.1, 0.15) is 25.7 Å². The van der Waals surface area contributed by atoms with Crippen molar-refractivity contribution in [2.45, 2.75) is 37.0 Å². The third-order valence-corrected chi connectivity index (χ3v) is 4.88. The van der Waals surface area contributed by atoms with Gasteiger partial charge in [-0.2, -0.15) is 7.43 Å². The minimum absolute atomic E-state index is 0.115. The van der Waals surface area contributed by atoms with Gasteiger partial charge in [0.25, 0.3) is 0 Å². The molecule has 0 aliphatic heterocycles. The van der Waals surface area contributed by atoms with E-state index in [1.807, 2.05) is 0 Å². The highest BCUT2D eigenvalue weighted by Crippen LogP contribution is 2.23. The summed E-state index contributed by atoms with van der Waals surface area (Å²) in [6, 6.07) is 0. The quantitative estimate of drug-likeness (QED) is 0.686. The molecule has 2 nitrogen and oxygen atoms in total. The van der Waals surface area contributed by atoms with E-state index in [4.69, 9.17) is 0 Å². The van der Waals surface area contributed by atoms with Gasteiger partial charge in [0.15, 0.2) is 0 Å². The Labute approximate surface area is 76.6 Å². The molecule has 1 fully saturated rings. The SMILES string of the molecule is [O-]S(=S)(=S)C1CCCC(O)C1. The van der Waals surface area contributed by atoms with Crippen molar-refractivity contribution in [1.29, 1.82) is 0 Å². The summed E-state index contributed by atoms with van der Waals surface area (Å²) in [5.41, 5.74) is 0. The maximum Gasteiger partial charge on any atom is 0.0550 e. The highest BCUT2D eigenvalue weighted by molar-refractivity contribution is 8.53. The summed E-state index contributed by atoms with van der Waals surface area (Å²) in [4.78, 5) is 0. The molecule has 0 aromatic heterocycles. The smallest absolute Gasteiger partial charge is 0.0550 e. The summed E-state index contributed by atoms with van der Waals surface area (Å²) in [5.74, 6) is 0. The van der Waals surface area contributed by atoms with Gasteiger partial charge in [-0.25, -0.2) is 0 Å². The zero-order valence-corrected chi connectivity index (χ0v) is 8.51. The molecule has 2 atom stereocenters. The second kappa shape index (κ2) is 3.62. The Morgan fingerprint density at radius 2 is 2.00 bits per heavy atom. The minimum Gasteiger partial charge on any atom is -0.790 e. The topological polar surface area (TPSA) is 43.3 Å². The molecule has 1 rings (SSSR count). The first-order valence-corrected chi connectivity index (χ1v) is 7.10. The minimum atomic E-state index is -2.50. The summed E-state index contributed by atoms with van der Waals surface area (Å²) in [7, 11) is -2.50. The predicted molar refractivity (Wildman–Crippen MR) is 51.1 cm³/mol. The first-order valence-electron chi connectivity index (χ1n) is 3.63. The molecule has 2 unspecified atom stereocenters. The Morgan fingerprint density at radius 1 is 1.36 bits per heavy atom. The van der Waals surface area contributed by atoms with Crippen LogP contribution in [0.5, 0.6) is 0 Å². The molecule has 5 heteroatoms. The number of aliphatic hydroxyl groups is 1. The van der Waals surface area contributed by atoms with Crippen molar-refractivity contribution in [3.63, 3.8) is 0 Å². The molecule has 0 aromatic rings. The standard InChI is InChI=1S/C6H12O2S3/c7-5-2-1-3-6(4-5)11(8,9)10/h5-7H,1-4H2,(H,8,9,10)/p-1. The highest BCUT2D eigenvalue weighted by atomic mass is 33.1. The van der Waals surface area contributed by atoms with Crippen molar-refractivity contribution in [2.75, 3.05) is 0 Å². The summed E-state index contributed by atoms with van der Waals surface area (Å²) in [6.45, 7) is 0. The Kier molecular flexibility index (Phi) is 3.22. The molecule has 0 amide bonds. The normalized spacial score (nSPS) is 33.6. The summed E-state index contributed by atoms with van der Waals surface area (Å²) >= 11 is 9.38. The van der Waals surface area contributed by atoms with Gasteiger partial charge in [-0.15, -0.1) is 0 Å². The molecule has 1 aliphatic carbocycles. The van der Waals surface area contributed by atoms with E-state index in [1.54, 1.807) is 0 Å². The predicted octanol–water partition coefficient (Wildman–Crippen LogP) is 0.498. The lowest BCUT2D eigenvalue weighted by Gasteiger charge is -2.32. The number of rotatable bonds is 1. The molecule has 0 spiro atoms. The van der Waals surface area contributed by atoms with Crippen LogP contribution in [0.15, 0.2) is 0 Å². The van der Waals surface area contributed by atoms with Gasteiger partial charge in [0, 0.05) is 5.25 Å². The lowest BCUT2D eigenvalue weighted by molar-refractivity contribution is 0.132. The highest BCUT2D eigenvalue weighted by Gasteiger charge is 2.20. The Balaban J connectivity index is 2.60. The first-order chi connectivity index (χ1) is 5.00. The van der Waals surface area contributed by atoms with E-state index >= 15 is 0 Å². The summed E-state index contributed by atoms with van der Waals surface area (Å²) < 4.78 is 11.2. The van der Waals surface area contributed by atoms with E-state index in [0.717, 1.165) is 19.3 Å². The van der Waals surface area contributed by atoms with Gasteiger partial charge in [-0.1, -0.05) is 22.4 Å². The van der Waals surface area contributed by atoms with Crippen molar-refractivity contribution < 1.29 is 9.66 Å². The molecule has 0 radical (unpaired) electrons. The van der Waals surface area contributed by atoms with Gasteiger partial charge in [0.1, 0.15) is 0 Å². The third kappa shape index (κ3) is 2.91. The van der Waals surface area contributed by atoms with E-state index in [1.165, 1.54) is 0 Å². The summed E-state index contributed by atoms with van der Waals surface area (Å²) in [6.07, 6.45) is 2.72. The van der Waals surface area contributed by atoms with Gasteiger partial charge in [0.05, 0.1) is 6.10 Å². The van der Waals surface area contributed by atoms with E-state index < -0.39 is 7.43 Å². The molecule has 0 saturated heterocycles. The van der Waals surface area contributed by atoms with Crippen LogP contribution in [0, 0.1) is 0 Å². The van der Waals surface area contributed by atoms with Gasteiger partial charge < -0.3 is 9.66 Å². The Morgan fingerprint density at radius 3 is 2.36 bits per heavy atom. The second-order valence-electron chi connectivity index (χ2n) is 2.94. The van der Waals surface area contributed by atoms with Crippen molar-refractivity contribution in [2.24, 2.45) is 0 Å². The van der Waals surface area contributed by atoms with Crippen LogP contribution in [0.2, 0.25) is 0 Å². The second-order valence-corrected chi connectivity index (χ2v) is 8.19. The fraction of sp³-hybridized carbons (Fsp3) is 1.00. The van der Waals surface area contributed by atoms with Crippen LogP contribution >= 0.6 is 0 Å². The van der Waals surface area contributed by atoms with Crippen LogP contribution in [-0.4, -0.2) is 21.0 Å². The molecule has 1 saturated carbocycles. The largest absolute Gasteiger partial charge is 0.790 e. The van der Waals surface area contributed by atoms with Crippen molar-refractivity contribution in [3.05, 3.63) is 0 Å². The number of hydrogen-bond acceptors (Lipinski definition) is 4. The lowest BCUT2D eigenvalue weighted by Crippen LogP contribution is -2.29.